The molecule has 1 rings (SSSR count). The largest absolute Gasteiger partial charge is 0.384 e. The number of methoxy groups -OCH3 is 1. The monoisotopic (exact) mass is 227 g/mol. The van der Waals surface area contributed by atoms with E-state index in [-0.39, 0.29) is 5.84 Å². The number of nitrogens with zero attached hydrogens (tertiary/aromatic N) is 1. The van der Waals surface area contributed by atoms with Crippen LogP contribution in [0.15, 0.2) is 0 Å². The summed E-state index contributed by atoms with van der Waals surface area (Å²) in [5.41, 5.74) is 6.45. The Kier molecular flexibility index (Phi) is 4.23. The lowest BCUT2D eigenvalue weighted by molar-refractivity contribution is 0.202. The molecule has 0 atom stereocenters. The van der Waals surface area contributed by atoms with Gasteiger partial charge in [0.2, 0.25) is 0 Å². The molecule has 0 amide bonds. The molecule has 0 fully saturated rings. The molecular weight excluding hydrogens is 210 g/mol. The van der Waals surface area contributed by atoms with Gasteiger partial charge in [0, 0.05) is 13.5 Å². The predicted molar refractivity (Wildman–Crippen MR) is 62.8 cm³/mol. The third-order valence-electron chi connectivity index (χ3n) is 2.01. The predicted octanol–water partition coefficient (Wildman–Crippen LogP) is 1.74. The van der Waals surface area contributed by atoms with Gasteiger partial charge in [-0.1, -0.05) is 13.8 Å². The molecule has 0 aliphatic carbocycles. The Morgan fingerprint density at radius 2 is 2.27 bits per heavy atom. The fourth-order valence-corrected chi connectivity index (χ4v) is 2.32. The van der Waals surface area contributed by atoms with Crippen molar-refractivity contribution in [1.82, 2.24) is 4.98 Å². The van der Waals surface area contributed by atoms with Crippen molar-refractivity contribution in [1.29, 1.82) is 5.41 Å². The van der Waals surface area contributed by atoms with Crippen molar-refractivity contribution in [2.75, 3.05) is 13.7 Å². The van der Waals surface area contributed by atoms with Crippen molar-refractivity contribution in [2.24, 2.45) is 5.73 Å². The molecule has 0 radical (unpaired) electrons. The maximum atomic E-state index is 7.48. The summed E-state index contributed by atoms with van der Waals surface area (Å²) in [4.78, 5) is 5.29. The molecule has 0 aromatic carbocycles. The summed E-state index contributed by atoms with van der Waals surface area (Å²) in [6.45, 7) is 4.77. The number of rotatable bonds is 5. The van der Waals surface area contributed by atoms with Gasteiger partial charge in [-0.2, -0.15) is 0 Å². The summed E-state index contributed by atoms with van der Waals surface area (Å²) in [7, 11) is 1.67. The minimum absolute atomic E-state index is 0.111. The van der Waals surface area contributed by atoms with Crippen LogP contribution in [0.25, 0.3) is 0 Å². The van der Waals surface area contributed by atoms with Crippen molar-refractivity contribution in [3.05, 3.63) is 15.6 Å². The number of hydrogen-bond acceptors (Lipinski definition) is 4. The van der Waals surface area contributed by atoms with Gasteiger partial charge in [-0.3, -0.25) is 5.41 Å². The molecule has 4 nitrogen and oxygen atoms in total. The minimum Gasteiger partial charge on any atom is -0.384 e. The summed E-state index contributed by atoms with van der Waals surface area (Å²) in [6.07, 6.45) is 0.786. The van der Waals surface area contributed by atoms with Crippen molar-refractivity contribution in [3.8, 4) is 0 Å². The number of nitrogens with one attached hydrogen (secondary N) is 1. The first-order valence-corrected chi connectivity index (χ1v) is 5.70. The third kappa shape index (κ3) is 3.00. The van der Waals surface area contributed by atoms with Crippen LogP contribution in [0.4, 0.5) is 0 Å². The van der Waals surface area contributed by atoms with Gasteiger partial charge in [-0.15, -0.1) is 11.3 Å². The Balaban J connectivity index is 2.93. The molecule has 0 saturated carbocycles. The first kappa shape index (κ1) is 12.1. The third-order valence-corrected chi connectivity index (χ3v) is 3.17. The van der Waals surface area contributed by atoms with E-state index in [0.717, 1.165) is 22.0 Å². The van der Waals surface area contributed by atoms with Crippen LogP contribution in [0, 0.1) is 5.41 Å². The van der Waals surface area contributed by atoms with E-state index in [2.05, 4.69) is 18.8 Å². The molecule has 3 N–H and O–H groups in total. The van der Waals surface area contributed by atoms with E-state index < -0.39 is 0 Å². The van der Waals surface area contributed by atoms with E-state index in [1.54, 1.807) is 7.11 Å². The van der Waals surface area contributed by atoms with Crippen LogP contribution in [-0.4, -0.2) is 24.5 Å². The standard InChI is InChI=1S/C10H17N3OS/c1-6(2)8-9(10(11)12)15-7(13-8)4-5-14-3/h6H,4-5H2,1-3H3,(H3,11,12). The van der Waals surface area contributed by atoms with Crippen LogP contribution in [0.5, 0.6) is 0 Å². The van der Waals surface area contributed by atoms with Crippen molar-refractivity contribution in [3.63, 3.8) is 0 Å². The van der Waals surface area contributed by atoms with Crippen LogP contribution in [0.3, 0.4) is 0 Å². The van der Waals surface area contributed by atoms with Gasteiger partial charge >= 0.3 is 0 Å². The van der Waals surface area contributed by atoms with E-state index in [0.29, 0.717) is 12.5 Å². The summed E-state index contributed by atoms with van der Waals surface area (Å²) in [6, 6.07) is 0. The second kappa shape index (κ2) is 5.23. The molecule has 5 heteroatoms. The van der Waals surface area contributed by atoms with Crippen LogP contribution >= 0.6 is 11.3 Å². The summed E-state index contributed by atoms with van der Waals surface area (Å²) in [5.74, 6) is 0.413. The molecular formula is C10H17N3OS. The number of nitrogen functional groups attached to an aromatic ring is 1. The van der Waals surface area contributed by atoms with E-state index in [9.17, 15) is 0 Å². The molecule has 0 aliphatic heterocycles. The van der Waals surface area contributed by atoms with Crippen molar-refractivity contribution >= 4 is 17.2 Å². The highest BCUT2D eigenvalue weighted by atomic mass is 32.1. The van der Waals surface area contributed by atoms with E-state index in [1.807, 2.05) is 0 Å². The first-order chi connectivity index (χ1) is 7.06. The number of aromatic nitrogens is 1. The van der Waals surface area contributed by atoms with E-state index in [4.69, 9.17) is 15.9 Å². The zero-order valence-electron chi connectivity index (χ0n) is 9.33. The van der Waals surface area contributed by atoms with Gasteiger partial charge in [0.05, 0.1) is 22.2 Å². The summed E-state index contributed by atoms with van der Waals surface area (Å²) < 4.78 is 5.00. The van der Waals surface area contributed by atoms with Crippen LogP contribution in [0.2, 0.25) is 0 Å². The van der Waals surface area contributed by atoms with Gasteiger partial charge in [0.25, 0.3) is 0 Å². The second-order valence-electron chi connectivity index (χ2n) is 3.63. The molecule has 1 heterocycles. The lowest BCUT2D eigenvalue weighted by Crippen LogP contribution is -2.12. The van der Waals surface area contributed by atoms with E-state index >= 15 is 0 Å². The number of amidine groups is 1. The van der Waals surface area contributed by atoms with Crippen LogP contribution in [-0.2, 0) is 11.2 Å². The van der Waals surface area contributed by atoms with Crippen molar-refractivity contribution in [2.45, 2.75) is 26.2 Å². The fourth-order valence-electron chi connectivity index (χ4n) is 1.26. The average Bonchev–Trinajstić information content (AvgIpc) is 2.58. The molecule has 84 valence electrons. The highest BCUT2D eigenvalue weighted by Gasteiger charge is 2.15. The average molecular weight is 227 g/mol. The molecule has 0 unspecified atom stereocenters. The zero-order valence-corrected chi connectivity index (χ0v) is 10.1. The Bertz CT molecular complexity index is 346. The van der Waals surface area contributed by atoms with Gasteiger partial charge in [-0.25, -0.2) is 4.98 Å². The van der Waals surface area contributed by atoms with Gasteiger partial charge in [-0.05, 0) is 5.92 Å². The first-order valence-electron chi connectivity index (χ1n) is 4.89. The SMILES string of the molecule is COCCc1nc(C(C)C)c(C(=N)N)s1. The highest BCUT2D eigenvalue weighted by molar-refractivity contribution is 7.13. The minimum atomic E-state index is 0.111. The fraction of sp³-hybridized carbons (Fsp3) is 0.600. The Labute approximate surface area is 94.0 Å². The molecule has 0 aliphatic rings. The molecule has 0 saturated heterocycles. The molecule has 1 aromatic heterocycles. The Morgan fingerprint density at radius 3 is 2.67 bits per heavy atom. The van der Waals surface area contributed by atoms with Gasteiger partial charge in [0.15, 0.2) is 0 Å². The number of nitrogens with two attached hydrogens (primary N) is 1. The summed E-state index contributed by atoms with van der Waals surface area (Å²) in [5, 5.41) is 8.47. The quantitative estimate of drug-likeness (QED) is 0.594. The second-order valence-corrected chi connectivity index (χ2v) is 4.72. The lowest BCUT2D eigenvalue weighted by Gasteiger charge is -2.02. The smallest absolute Gasteiger partial charge is 0.135 e. The van der Waals surface area contributed by atoms with Crippen molar-refractivity contribution < 1.29 is 4.74 Å². The molecule has 0 spiro atoms. The zero-order chi connectivity index (χ0) is 11.4. The normalized spacial score (nSPS) is 10.9. The number of hydrogen-bond donors (Lipinski definition) is 2. The van der Waals surface area contributed by atoms with Crippen LogP contribution < -0.4 is 5.73 Å². The number of ether oxygens (including phenoxy) is 1. The Morgan fingerprint density at radius 1 is 1.60 bits per heavy atom. The van der Waals surface area contributed by atoms with Gasteiger partial charge < -0.3 is 10.5 Å². The summed E-state index contributed by atoms with van der Waals surface area (Å²) >= 11 is 1.50. The maximum absolute atomic E-state index is 7.48. The van der Waals surface area contributed by atoms with Gasteiger partial charge in [0.1, 0.15) is 5.84 Å². The highest BCUT2D eigenvalue weighted by Crippen LogP contribution is 2.24. The van der Waals surface area contributed by atoms with Crippen LogP contribution in [0.1, 0.15) is 35.3 Å². The lowest BCUT2D eigenvalue weighted by atomic mass is 10.1. The Hall–Kier alpha value is -0.940. The van der Waals surface area contributed by atoms with E-state index in [1.165, 1.54) is 11.3 Å². The molecule has 0 bridgehead atoms. The topological polar surface area (TPSA) is 72.0 Å². The number of thiazole rings is 1. The molecule has 15 heavy (non-hydrogen) atoms. The maximum Gasteiger partial charge on any atom is 0.135 e. The molecule has 1 aromatic rings.